The molecule has 1 nitrogen and oxygen atoms in total. The molecule has 0 radical (unpaired) electrons. The Morgan fingerprint density at radius 3 is 2.92 bits per heavy atom. The second kappa shape index (κ2) is 3.36. The van der Waals surface area contributed by atoms with Gasteiger partial charge in [-0.15, -0.1) is 11.3 Å². The largest absolute Gasteiger partial charge is 0.392 e. The Morgan fingerprint density at radius 1 is 1.46 bits per heavy atom. The van der Waals surface area contributed by atoms with E-state index in [1.54, 1.807) is 6.07 Å². The van der Waals surface area contributed by atoms with E-state index in [9.17, 15) is 4.39 Å². The van der Waals surface area contributed by atoms with Gasteiger partial charge in [0.15, 0.2) is 0 Å². The number of hydrogen-bond acceptors (Lipinski definition) is 2. The highest BCUT2D eigenvalue weighted by molar-refractivity contribution is 9.10. The van der Waals surface area contributed by atoms with Crippen molar-refractivity contribution < 1.29 is 9.50 Å². The van der Waals surface area contributed by atoms with Gasteiger partial charge in [-0.25, -0.2) is 4.39 Å². The van der Waals surface area contributed by atoms with E-state index in [4.69, 9.17) is 5.11 Å². The van der Waals surface area contributed by atoms with Crippen molar-refractivity contribution >= 4 is 37.4 Å². The van der Waals surface area contributed by atoms with Crippen LogP contribution in [0.5, 0.6) is 0 Å². The Balaban J connectivity index is 2.77. The van der Waals surface area contributed by atoms with Crippen molar-refractivity contribution in [2.24, 2.45) is 0 Å². The third-order valence-electron chi connectivity index (χ3n) is 1.87. The van der Waals surface area contributed by atoms with Crippen molar-refractivity contribution in [2.75, 3.05) is 0 Å². The third-order valence-corrected chi connectivity index (χ3v) is 3.77. The maximum atomic E-state index is 13.2. The Bertz CT molecular complexity index is 452. The third kappa shape index (κ3) is 1.49. The first-order valence-electron chi connectivity index (χ1n) is 3.68. The van der Waals surface area contributed by atoms with Crippen LogP contribution in [0.2, 0.25) is 0 Å². The van der Waals surface area contributed by atoms with Gasteiger partial charge in [0.2, 0.25) is 0 Å². The lowest BCUT2D eigenvalue weighted by atomic mass is 10.2. The number of hydrogen-bond donors (Lipinski definition) is 1. The molecule has 0 aliphatic carbocycles. The molecule has 1 aromatic carbocycles. The minimum Gasteiger partial charge on any atom is -0.392 e. The topological polar surface area (TPSA) is 20.2 Å². The first-order valence-corrected chi connectivity index (χ1v) is 5.35. The standard InChI is InChI=1S/C9H6BrFOS/c10-7-4-13-9-2-8(11)5(3-12)1-6(7)9/h1-2,4,12H,3H2. The number of thiophene rings is 1. The van der Waals surface area contributed by atoms with Gasteiger partial charge in [0.25, 0.3) is 0 Å². The fraction of sp³-hybridized carbons (Fsp3) is 0.111. The zero-order chi connectivity index (χ0) is 9.42. The first kappa shape index (κ1) is 9.12. The maximum Gasteiger partial charge on any atom is 0.130 e. The Labute approximate surface area is 86.9 Å². The van der Waals surface area contributed by atoms with E-state index in [1.807, 2.05) is 5.38 Å². The molecule has 1 N–H and O–H groups in total. The maximum absolute atomic E-state index is 13.2. The van der Waals surface area contributed by atoms with E-state index >= 15 is 0 Å². The summed E-state index contributed by atoms with van der Waals surface area (Å²) in [7, 11) is 0. The molecule has 4 heteroatoms. The van der Waals surface area contributed by atoms with Crippen molar-refractivity contribution in [3.8, 4) is 0 Å². The summed E-state index contributed by atoms with van der Waals surface area (Å²) in [5.41, 5.74) is 0.339. The molecule has 13 heavy (non-hydrogen) atoms. The molecule has 0 atom stereocenters. The summed E-state index contributed by atoms with van der Waals surface area (Å²) in [6.45, 7) is -0.260. The SMILES string of the molecule is OCc1cc2c(Br)csc2cc1F. The van der Waals surface area contributed by atoms with Gasteiger partial charge >= 0.3 is 0 Å². The molecule has 0 aliphatic heterocycles. The van der Waals surface area contributed by atoms with E-state index in [0.717, 1.165) is 14.6 Å². The van der Waals surface area contributed by atoms with Crippen molar-refractivity contribution in [2.45, 2.75) is 6.61 Å². The van der Waals surface area contributed by atoms with Crippen LogP contribution in [0.3, 0.4) is 0 Å². The molecule has 0 fully saturated rings. The number of rotatable bonds is 1. The Kier molecular flexibility index (Phi) is 2.36. The lowest BCUT2D eigenvalue weighted by Crippen LogP contribution is -1.88. The Morgan fingerprint density at radius 2 is 2.23 bits per heavy atom. The highest BCUT2D eigenvalue weighted by Crippen LogP contribution is 2.32. The van der Waals surface area contributed by atoms with Crippen LogP contribution in [0.1, 0.15) is 5.56 Å². The molecule has 0 amide bonds. The molecule has 0 unspecified atom stereocenters. The normalized spacial score (nSPS) is 11.0. The molecule has 0 aliphatic rings. The van der Waals surface area contributed by atoms with Gasteiger partial charge in [0, 0.05) is 25.5 Å². The summed E-state index contributed by atoms with van der Waals surface area (Å²) in [6.07, 6.45) is 0. The van der Waals surface area contributed by atoms with Crippen LogP contribution in [0.25, 0.3) is 10.1 Å². The predicted molar refractivity (Wildman–Crippen MR) is 55.4 cm³/mol. The molecule has 1 aromatic heterocycles. The van der Waals surface area contributed by atoms with Crippen LogP contribution in [0.4, 0.5) is 4.39 Å². The van der Waals surface area contributed by atoms with Crippen LogP contribution >= 0.6 is 27.3 Å². The summed E-state index contributed by atoms with van der Waals surface area (Å²) >= 11 is 4.84. The second-order valence-electron chi connectivity index (χ2n) is 2.68. The zero-order valence-corrected chi connectivity index (χ0v) is 8.95. The number of halogens is 2. The first-order chi connectivity index (χ1) is 6.22. The average Bonchev–Trinajstić information content (AvgIpc) is 2.46. The van der Waals surface area contributed by atoms with E-state index in [0.29, 0.717) is 5.56 Å². The van der Waals surface area contributed by atoms with E-state index in [2.05, 4.69) is 15.9 Å². The quantitative estimate of drug-likeness (QED) is 0.835. The molecule has 0 saturated carbocycles. The molecule has 0 bridgehead atoms. The summed E-state index contributed by atoms with van der Waals surface area (Å²) in [5.74, 6) is -0.343. The summed E-state index contributed by atoms with van der Waals surface area (Å²) in [6, 6.07) is 3.13. The van der Waals surface area contributed by atoms with Crippen LogP contribution in [-0.4, -0.2) is 5.11 Å². The van der Waals surface area contributed by atoms with Gasteiger partial charge in [-0.3, -0.25) is 0 Å². The summed E-state index contributed by atoms with van der Waals surface area (Å²) < 4.78 is 15.0. The molecule has 1 heterocycles. The van der Waals surface area contributed by atoms with Crippen LogP contribution in [0, 0.1) is 5.82 Å². The van der Waals surface area contributed by atoms with Crippen molar-refractivity contribution in [1.29, 1.82) is 0 Å². The smallest absolute Gasteiger partial charge is 0.130 e. The van der Waals surface area contributed by atoms with E-state index < -0.39 is 0 Å². The second-order valence-corrected chi connectivity index (χ2v) is 4.45. The molecule has 2 rings (SSSR count). The van der Waals surface area contributed by atoms with Crippen molar-refractivity contribution in [1.82, 2.24) is 0 Å². The van der Waals surface area contributed by atoms with E-state index in [1.165, 1.54) is 17.4 Å². The molecule has 0 spiro atoms. The number of aliphatic hydroxyl groups is 1. The summed E-state index contributed by atoms with van der Waals surface area (Å²) in [5, 5.41) is 11.7. The van der Waals surface area contributed by atoms with Gasteiger partial charge in [-0.1, -0.05) is 0 Å². The van der Waals surface area contributed by atoms with Gasteiger partial charge in [0.05, 0.1) is 6.61 Å². The van der Waals surface area contributed by atoms with E-state index in [-0.39, 0.29) is 12.4 Å². The predicted octanol–water partition coefficient (Wildman–Crippen LogP) is 3.30. The van der Waals surface area contributed by atoms with Gasteiger partial charge in [-0.05, 0) is 28.1 Å². The molecule has 0 saturated heterocycles. The highest BCUT2D eigenvalue weighted by atomic mass is 79.9. The Hall–Kier alpha value is -0.450. The molecular formula is C9H6BrFOS. The van der Waals surface area contributed by atoms with Crippen LogP contribution in [0.15, 0.2) is 22.0 Å². The van der Waals surface area contributed by atoms with Gasteiger partial charge in [0.1, 0.15) is 5.82 Å². The minimum atomic E-state index is -0.343. The highest BCUT2D eigenvalue weighted by Gasteiger charge is 2.07. The van der Waals surface area contributed by atoms with Crippen molar-refractivity contribution in [3.05, 3.63) is 33.4 Å². The van der Waals surface area contributed by atoms with Crippen molar-refractivity contribution in [3.63, 3.8) is 0 Å². The number of benzene rings is 1. The monoisotopic (exact) mass is 260 g/mol. The number of fused-ring (bicyclic) bond motifs is 1. The molecule has 68 valence electrons. The number of aliphatic hydroxyl groups excluding tert-OH is 1. The zero-order valence-electron chi connectivity index (χ0n) is 6.55. The lowest BCUT2D eigenvalue weighted by Gasteiger charge is -1.99. The molecule has 2 aromatic rings. The van der Waals surface area contributed by atoms with Gasteiger partial charge < -0.3 is 5.11 Å². The molecular weight excluding hydrogens is 255 g/mol. The lowest BCUT2D eigenvalue weighted by molar-refractivity contribution is 0.276. The fourth-order valence-corrected chi connectivity index (χ4v) is 2.75. The average molecular weight is 261 g/mol. The minimum absolute atomic E-state index is 0.260. The summed E-state index contributed by atoms with van der Waals surface area (Å²) in [4.78, 5) is 0. The van der Waals surface area contributed by atoms with Gasteiger partial charge in [-0.2, -0.15) is 0 Å². The van der Waals surface area contributed by atoms with Crippen LogP contribution in [-0.2, 0) is 6.61 Å². The van der Waals surface area contributed by atoms with Crippen LogP contribution < -0.4 is 0 Å². The fourth-order valence-electron chi connectivity index (χ4n) is 1.18.